The Kier molecular flexibility index (Phi) is 9.98. The zero-order valence-corrected chi connectivity index (χ0v) is 20.7. The summed E-state index contributed by atoms with van der Waals surface area (Å²) in [5.74, 6) is 6.54. The van der Waals surface area contributed by atoms with E-state index in [0.29, 0.717) is 36.7 Å². The van der Waals surface area contributed by atoms with Gasteiger partial charge in [-0.05, 0) is 25.3 Å². The van der Waals surface area contributed by atoms with Crippen LogP contribution in [0, 0.1) is 23.7 Å². The highest BCUT2D eigenvalue weighted by Gasteiger charge is 2.34. The molecule has 1 aliphatic rings. The van der Waals surface area contributed by atoms with Crippen molar-refractivity contribution in [3.63, 3.8) is 0 Å². The average Bonchev–Trinajstić information content (AvgIpc) is 2.79. The van der Waals surface area contributed by atoms with Crippen LogP contribution in [0.3, 0.4) is 0 Å². The van der Waals surface area contributed by atoms with Crippen molar-refractivity contribution in [3.8, 4) is 17.7 Å². The van der Waals surface area contributed by atoms with Crippen molar-refractivity contribution in [2.45, 2.75) is 59.6 Å². The molecule has 3 atom stereocenters. The number of carbonyl (C=O) groups is 2. The normalized spacial score (nSPS) is 18.9. The minimum absolute atomic E-state index is 0.0927. The largest absolute Gasteiger partial charge is 0.472 e. The van der Waals surface area contributed by atoms with Gasteiger partial charge in [-0.3, -0.25) is 4.79 Å². The topological polar surface area (TPSA) is 95.0 Å². The third-order valence-electron chi connectivity index (χ3n) is 5.59. The molecular formula is C25H38N4O4. The fraction of sp³-hybridized carbons (Fsp3) is 0.640. The summed E-state index contributed by atoms with van der Waals surface area (Å²) >= 11 is 0. The summed E-state index contributed by atoms with van der Waals surface area (Å²) in [4.78, 5) is 33.4. The Morgan fingerprint density at radius 3 is 2.79 bits per heavy atom. The molecule has 2 N–H and O–H groups in total. The second-order valence-corrected chi connectivity index (χ2v) is 9.21. The van der Waals surface area contributed by atoms with Crippen LogP contribution in [0.2, 0.25) is 0 Å². The number of ether oxygens (including phenoxy) is 1. The number of aliphatic hydroxyl groups excluding tert-OH is 1. The van der Waals surface area contributed by atoms with Gasteiger partial charge >= 0.3 is 6.03 Å². The van der Waals surface area contributed by atoms with Gasteiger partial charge in [0.25, 0.3) is 5.91 Å². The van der Waals surface area contributed by atoms with Crippen molar-refractivity contribution in [2.75, 3.05) is 33.3 Å². The predicted molar refractivity (Wildman–Crippen MR) is 128 cm³/mol. The molecule has 0 spiro atoms. The van der Waals surface area contributed by atoms with Gasteiger partial charge in [0, 0.05) is 44.2 Å². The van der Waals surface area contributed by atoms with E-state index in [-0.39, 0.29) is 42.5 Å². The molecule has 0 bridgehead atoms. The summed E-state index contributed by atoms with van der Waals surface area (Å²) in [6.45, 7) is 11.2. The van der Waals surface area contributed by atoms with Gasteiger partial charge in [0.15, 0.2) is 0 Å². The number of likely N-dealkylation sites (N-methyl/N-ethyl adjacent to an activating group) is 1. The Hall–Kier alpha value is -2.79. The first kappa shape index (κ1) is 26.5. The van der Waals surface area contributed by atoms with Crippen LogP contribution < -0.4 is 10.1 Å². The lowest BCUT2D eigenvalue weighted by molar-refractivity contribution is 0.0352. The second kappa shape index (κ2) is 12.4. The van der Waals surface area contributed by atoms with Gasteiger partial charge in [0.1, 0.15) is 11.7 Å². The zero-order valence-electron chi connectivity index (χ0n) is 20.7. The number of nitrogens with one attached hydrogen (secondary N) is 1. The van der Waals surface area contributed by atoms with Crippen LogP contribution in [0.15, 0.2) is 12.3 Å². The molecular weight excluding hydrogens is 420 g/mol. The Bertz CT molecular complexity index is 877. The van der Waals surface area contributed by atoms with E-state index in [1.165, 1.54) is 0 Å². The van der Waals surface area contributed by atoms with Gasteiger partial charge < -0.3 is 25.0 Å². The first-order chi connectivity index (χ1) is 15.7. The maximum atomic E-state index is 13.4. The fourth-order valence-electron chi connectivity index (χ4n) is 3.47. The van der Waals surface area contributed by atoms with Crippen molar-refractivity contribution < 1.29 is 19.4 Å². The number of carbonyl (C=O) groups excluding carboxylic acids is 2. The van der Waals surface area contributed by atoms with Crippen LogP contribution in [0.5, 0.6) is 5.88 Å². The lowest BCUT2D eigenvalue weighted by Gasteiger charge is -2.37. The summed E-state index contributed by atoms with van der Waals surface area (Å²) < 4.78 is 6.21. The summed E-state index contributed by atoms with van der Waals surface area (Å²) in [6, 6.07) is 1.17. The number of fused-ring (bicyclic) bond motifs is 1. The molecule has 0 radical (unpaired) electrons. The molecule has 0 unspecified atom stereocenters. The maximum absolute atomic E-state index is 13.4. The molecule has 2 rings (SSSR count). The minimum Gasteiger partial charge on any atom is -0.472 e. The summed E-state index contributed by atoms with van der Waals surface area (Å²) in [5, 5.41) is 12.6. The highest BCUT2D eigenvalue weighted by molar-refractivity contribution is 5.97. The van der Waals surface area contributed by atoms with Gasteiger partial charge in [-0.2, -0.15) is 0 Å². The van der Waals surface area contributed by atoms with E-state index in [1.807, 2.05) is 20.8 Å². The maximum Gasteiger partial charge on any atom is 0.317 e. The van der Waals surface area contributed by atoms with Crippen molar-refractivity contribution >= 4 is 11.9 Å². The quantitative estimate of drug-likeness (QED) is 0.613. The summed E-state index contributed by atoms with van der Waals surface area (Å²) in [6.07, 6.45) is 2.83. The molecule has 0 saturated carbocycles. The third-order valence-corrected chi connectivity index (χ3v) is 5.59. The first-order valence-electron chi connectivity index (χ1n) is 11.7. The fourth-order valence-corrected chi connectivity index (χ4v) is 3.47. The Labute approximate surface area is 197 Å². The number of hydrogen-bond donors (Lipinski definition) is 2. The molecule has 33 heavy (non-hydrogen) atoms. The number of urea groups is 1. The Morgan fingerprint density at radius 1 is 1.42 bits per heavy atom. The van der Waals surface area contributed by atoms with Crippen molar-refractivity contribution in [1.82, 2.24) is 20.1 Å². The number of nitrogens with zero attached hydrogens (tertiary/aromatic N) is 3. The number of pyridine rings is 1. The van der Waals surface area contributed by atoms with Crippen molar-refractivity contribution in [3.05, 3.63) is 23.4 Å². The van der Waals surface area contributed by atoms with Crippen LogP contribution in [0.4, 0.5) is 4.79 Å². The first-order valence-corrected chi connectivity index (χ1v) is 11.7. The van der Waals surface area contributed by atoms with E-state index in [9.17, 15) is 14.7 Å². The van der Waals surface area contributed by atoms with E-state index >= 15 is 0 Å². The standard InChI is InChI=1S/C25H38N4O4/c1-7-11-26-25(32)28(6)15-22-18(4)14-29(19(5)16-30)24(31)21-12-20(10-8-9-17(2)3)13-27-23(21)33-22/h12-13,17-19,22,30H,7,9,11,14-16H2,1-6H3,(H,26,32)/t18-,19-,22-/m0/s1. The third kappa shape index (κ3) is 7.36. The molecule has 1 aliphatic heterocycles. The van der Waals surface area contributed by atoms with Gasteiger partial charge in [-0.25, -0.2) is 9.78 Å². The number of hydrogen-bond acceptors (Lipinski definition) is 5. The summed E-state index contributed by atoms with van der Waals surface area (Å²) in [7, 11) is 1.72. The van der Waals surface area contributed by atoms with Crippen LogP contribution in [0.1, 0.15) is 63.4 Å². The smallest absolute Gasteiger partial charge is 0.317 e. The minimum atomic E-state index is -0.381. The van der Waals surface area contributed by atoms with Crippen molar-refractivity contribution in [1.29, 1.82) is 0 Å². The number of rotatable bonds is 7. The lowest BCUT2D eigenvalue weighted by atomic mass is 10.00. The molecule has 0 saturated heterocycles. The highest BCUT2D eigenvalue weighted by Crippen LogP contribution is 2.27. The van der Waals surface area contributed by atoms with E-state index in [1.54, 1.807) is 29.1 Å². The second-order valence-electron chi connectivity index (χ2n) is 9.21. The van der Waals surface area contributed by atoms with E-state index in [4.69, 9.17) is 4.74 Å². The highest BCUT2D eigenvalue weighted by atomic mass is 16.5. The zero-order chi connectivity index (χ0) is 24.5. The SMILES string of the molecule is CCCNC(=O)N(C)C[C@@H]1Oc2ncc(C#CCC(C)C)cc2C(=O)N([C@@H](C)CO)C[C@@H]1C. The van der Waals surface area contributed by atoms with Gasteiger partial charge in [0.2, 0.25) is 5.88 Å². The summed E-state index contributed by atoms with van der Waals surface area (Å²) in [5.41, 5.74) is 0.964. The van der Waals surface area contributed by atoms with E-state index < -0.39 is 0 Å². The van der Waals surface area contributed by atoms with Gasteiger partial charge in [-0.1, -0.05) is 39.5 Å². The molecule has 182 valence electrons. The molecule has 1 aromatic heterocycles. The van der Waals surface area contributed by atoms with Gasteiger partial charge in [0.05, 0.1) is 19.2 Å². The molecule has 2 heterocycles. The Balaban J connectivity index is 2.38. The van der Waals surface area contributed by atoms with E-state index in [2.05, 4.69) is 36.0 Å². The molecule has 0 fully saturated rings. The number of aromatic nitrogens is 1. The number of amides is 3. The van der Waals surface area contributed by atoms with Crippen LogP contribution in [0.25, 0.3) is 0 Å². The molecule has 3 amide bonds. The van der Waals surface area contributed by atoms with Crippen LogP contribution in [-0.2, 0) is 0 Å². The molecule has 8 heteroatoms. The monoisotopic (exact) mass is 458 g/mol. The molecule has 1 aromatic rings. The average molecular weight is 459 g/mol. The van der Waals surface area contributed by atoms with Crippen molar-refractivity contribution in [2.24, 2.45) is 11.8 Å². The van der Waals surface area contributed by atoms with Crippen LogP contribution in [-0.4, -0.2) is 77.3 Å². The molecule has 0 aliphatic carbocycles. The van der Waals surface area contributed by atoms with Crippen LogP contribution >= 0.6 is 0 Å². The Morgan fingerprint density at radius 2 is 2.15 bits per heavy atom. The van der Waals surface area contributed by atoms with E-state index in [0.717, 1.165) is 12.8 Å². The van der Waals surface area contributed by atoms with Gasteiger partial charge in [-0.15, -0.1) is 0 Å². The number of aliphatic hydroxyl groups is 1. The lowest BCUT2D eigenvalue weighted by Crippen LogP contribution is -2.51. The predicted octanol–water partition coefficient (Wildman–Crippen LogP) is 2.75. The molecule has 8 nitrogen and oxygen atoms in total. The molecule has 0 aromatic carbocycles.